The maximum atomic E-state index is 3.69. The minimum atomic E-state index is 0.606. The predicted molar refractivity (Wildman–Crippen MR) is 70.4 cm³/mol. The zero-order valence-corrected chi connectivity index (χ0v) is 11.5. The van der Waals surface area contributed by atoms with Crippen LogP contribution in [0.3, 0.4) is 0 Å². The van der Waals surface area contributed by atoms with Crippen LogP contribution in [-0.4, -0.2) is 6.54 Å². The van der Waals surface area contributed by atoms with Gasteiger partial charge in [-0.2, -0.15) is 0 Å². The van der Waals surface area contributed by atoms with E-state index in [0.717, 1.165) is 12.5 Å². The lowest BCUT2D eigenvalue weighted by Crippen LogP contribution is -2.32. The van der Waals surface area contributed by atoms with Crippen LogP contribution in [0.1, 0.15) is 43.5 Å². The number of hydrogen-bond donors (Lipinski definition) is 1. The Balaban J connectivity index is 2.03. The number of halogens is 1. The molecule has 3 heteroatoms. The molecule has 1 aromatic rings. The van der Waals surface area contributed by atoms with Crippen molar-refractivity contribution in [3.8, 4) is 0 Å². The monoisotopic (exact) mass is 287 g/mol. The van der Waals surface area contributed by atoms with Gasteiger partial charge in [0.15, 0.2) is 0 Å². The number of thiophene rings is 1. The number of nitrogens with one attached hydrogen (secondary N) is 1. The highest BCUT2D eigenvalue weighted by Crippen LogP contribution is 2.40. The molecule has 0 aromatic carbocycles. The van der Waals surface area contributed by atoms with Crippen LogP contribution in [0.25, 0.3) is 0 Å². The van der Waals surface area contributed by atoms with E-state index in [1.165, 1.54) is 35.0 Å². The molecule has 1 N–H and O–H groups in total. The van der Waals surface area contributed by atoms with Crippen molar-refractivity contribution in [2.75, 3.05) is 6.54 Å². The summed E-state index contributed by atoms with van der Waals surface area (Å²) in [4.78, 5) is 1.50. The second-order valence-corrected chi connectivity index (χ2v) is 6.15. The lowest BCUT2D eigenvalue weighted by Gasteiger charge is -2.34. The molecular formula is C12H18BrNS. The Morgan fingerprint density at radius 1 is 1.60 bits per heavy atom. The van der Waals surface area contributed by atoms with Gasteiger partial charge in [0.05, 0.1) is 0 Å². The van der Waals surface area contributed by atoms with Crippen LogP contribution in [-0.2, 0) is 0 Å². The first-order valence-corrected chi connectivity index (χ1v) is 7.46. The van der Waals surface area contributed by atoms with Crippen molar-refractivity contribution in [3.05, 3.63) is 20.8 Å². The summed E-state index contributed by atoms with van der Waals surface area (Å²) in [6, 6.07) is 2.88. The van der Waals surface area contributed by atoms with Gasteiger partial charge in [-0.1, -0.05) is 13.3 Å². The van der Waals surface area contributed by atoms with Crippen LogP contribution in [0.2, 0.25) is 0 Å². The SMILES string of the molecule is CCCNC(c1cc(Br)cs1)C1CCC1. The summed E-state index contributed by atoms with van der Waals surface area (Å²) in [6.45, 7) is 3.37. The van der Waals surface area contributed by atoms with Gasteiger partial charge in [0.25, 0.3) is 0 Å². The molecule has 1 unspecified atom stereocenters. The van der Waals surface area contributed by atoms with Gasteiger partial charge < -0.3 is 5.32 Å². The second-order valence-electron chi connectivity index (χ2n) is 4.29. The van der Waals surface area contributed by atoms with E-state index in [2.05, 4.69) is 39.6 Å². The number of rotatable bonds is 5. The van der Waals surface area contributed by atoms with Gasteiger partial charge in [0.1, 0.15) is 0 Å². The first-order valence-electron chi connectivity index (χ1n) is 5.78. The minimum Gasteiger partial charge on any atom is -0.309 e. The molecule has 0 saturated heterocycles. The van der Waals surface area contributed by atoms with Crippen molar-refractivity contribution in [3.63, 3.8) is 0 Å². The Hall–Kier alpha value is 0.140. The van der Waals surface area contributed by atoms with Gasteiger partial charge in [-0.05, 0) is 53.7 Å². The highest BCUT2D eigenvalue weighted by molar-refractivity contribution is 9.10. The van der Waals surface area contributed by atoms with Crippen molar-refractivity contribution in [2.45, 2.75) is 38.6 Å². The van der Waals surface area contributed by atoms with E-state index >= 15 is 0 Å². The van der Waals surface area contributed by atoms with Crippen molar-refractivity contribution >= 4 is 27.3 Å². The maximum Gasteiger partial charge on any atom is 0.0443 e. The topological polar surface area (TPSA) is 12.0 Å². The quantitative estimate of drug-likeness (QED) is 0.849. The molecule has 1 nitrogen and oxygen atoms in total. The standard InChI is InChI=1S/C12H18BrNS/c1-2-6-14-12(9-4-3-5-9)11-7-10(13)8-15-11/h7-9,12,14H,2-6H2,1H3. The van der Waals surface area contributed by atoms with Crippen LogP contribution in [0.4, 0.5) is 0 Å². The van der Waals surface area contributed by atoms with Crippen LogP contribution >= 0.6 is 27.3 Å². The van der Waals surface area contributed by atoms with Crippen LogP contribution in [0, 0.1) is 5.92 Å². The van der Waals surface area contributed by atoms with E-state index in [-0.39, 0.29) is 0 Å². The van der Waals surface area contributed by atoms with Gasteiger partial charge in [-0.3, -0.25) is 0 Å². The van der Waals surface area contributed by atoms with Crippen molar-refractivity contribution < 1.29 is 0 Å². The van der Waals surface area contributed by atoms with E-state index < -0.39 is 0 Å². The summed E-state index contributed by atoms with van der Waals surface area (Å²) in [5, 5.41) is 5.88. The minimum absolute atomic E-state index is 0.606. The summed E-state index contributed by atoms with van der Waals surface area (Å²) in [5.41, 5.74) is 0. The van der Waals surface area contributed by atoms with Gasteiger partial charge in [0, 0.05) is 20.8 Å². The highest BCUT2D eigenvalue weighted by atomic mass is 79.9. The summed E-state index contributed by atoms with van der Waals surface area (Å²) in [7, 11) is 0. The van der Waals surface area contributed by atoms with Crippen LogP contribution in [0.15, 0.2) is 15.9 Å². The first-order chi connectivity index (χ1) is 7.31. The Bertz CT molecular complexity index is 306. The van der Waals surface area contributed by atoms with Crippen LogP contribution in [0.5, 0.6) is 0 Å². The average molecular weight is 288 g/mol. The van der Waals surface area contributed by atoms with Crippen molar-refractivity contribution in [2.24, 2.45) is 5.92 Å². The molecule has 1 aromatic heterocycles. The summed E-state index contributed by atoms with van der Waals surface area (Å²) in [6.07, 6.45) is 5.44. The summed E-state index contributed by atoms with van der Waals surface area (Å²) < 4.78 is 1.23. The highest BCUT2D eigenvalue weighted by Gasteiger charge is 2.28. The average Bonchev–Trinajstić information content (AvgIpc) is 2.56. The third-order valence-corrected chi connectivity index (χ3v) is 4.91. The fourth-order valence-electron chi connectivity index (χ4n) is 2.06. The van der Waals surface area contributed by atoms with Gasteiger partial charge >= 0.3 is 0 Å². The lowest BCUT2D eigenvalue weighted by molar-refractivity contribution is 0.234. The molecule has 1 heterocycles. The molecule has 0 amide bonds. The predicted octanol–water partition coefficient (Wildman–Crippen LogP) is 4.35. The molecule has 1 aliphatic rings. The fraction of sp³-hybridized carbons (Fsp3) is 0.667. The van der Waals surface area contributed by atoms with Crippen molar-refractivity contribution in [1.29, 1.82) is 0 Å². The van der Waals surface area contributed by atoms with E-state index in [9.17, 15) is 0 Å². The zero-order chi connectivity index (χ0) is 10.7. The van der Waals surface area contributed by atoms with Gasteiger partial charge in [-0.15, -0.1) is 11.3 Å². The molecule has 84 valence electrons. The lowest BCUT2D eigenvalue weighted by atomic mass is 9.79. The Morgan fingerprint density at radius 3 is 2.87 bits per heavy atom. The molecule has 15 heavy (non-hydrogen) atoms. The molecule has 0 spiro atoms. The van der Waals surface area contributed by atoms with Gasteiger partial charge in [0.2, 0.25) is 0 Å². The van der Waals surface area contributed by atoms with Crippen molar-refractivity contribution in [1.82, 2.24) is 5.32 Å². The molecular weight excluding hydrogens is 270 g/mol. The zero-order valence-electron chi connectivity index (χ0n) is 9.13. The molecule has 0 aliphatic heterocycles. The van der Waals surface area contributed by atoms with E-state index in [4.69, 9.17) is 0 Å². The molecule has 0 bridgehead atoms. The summed E-state index contributed by atoms with van der Waals surface area (Å²) in [5.74, 6) is 0.877. The molecule has 1 aliphatic carbocycles. The molecule has 1 atom stereocenters. The number of hydrogen-bond acceptors (Lipinski definition) is 2. The Kier molecular flexibility index (Phi) is 4.23. The van der Waals surface area contributed by atoms with E-state index in [1.54, 1.807) is 0 Å². The largest absolute Gasteiger partial charge is 0.309 e. The molecule has 0 radical (unpaired) electrons. The normalized spacial score (nSPS) is 18.8. The van der Waals surface area contributed by atoms with Crippen LogP contribution < -0.4 is 5.32 Å². The Morgan fingerprint density at radius 2 is 2.40 bits per heavy atom. The maximum absolute atomic E-state index is 3.69. The molecule has 1 saturated carbocycles. The second kappa shape index (κ2) is 5.46. The smallest absolute Gasteiger partial charge is 0.0443 e. The third kappa shape index (κ3) is 2.83. The van der Waals surface area contributed by atoms with E-state index in [1.807, 2.05) is 11.3 Å². The fourth-order valence-corrected chi connectivity index (χ4v) is 3.68. The molecule has 1 fully saturated rings. The van der Waals surface area contributed by atoms with Gasteiger partial charge in [-0.25, -0.2) is 0 Å². The first kappa shape index (κ1) is 11.6. The summed E-state index contributed by atoms with van der Waals surface area (Å²) >= 11 is 5.42. The molecule has 2 rings (SSSR count). The van der Waals surface area contributed by atoms with E-state index in [0.29, 0.717) is 6.04 Å². The Labute approximate surface area is 104 Å². The third-order valence-electron chi connectivity index (χ3n) is 3.13.